The van der Waals surface area contributed by atoms with Crippen molar-refractivity contribution in [1.82, 2.24) is 0 Å². The smallest absolute Gasteiger partial charge is 0.119 e. The average molecular weight is 427 g/mol. The lowest BCUT2D eigenvalue weighted by Crippen LogP contribution is -2.14. The van der Waals surface area contributed by atoms with Crippen molar-refractivity contribution in [3.8, 4) is 5.75 Å². The molecule has 1 rings (SSSR count). The van der Waals surface area contributed by atoms with Crippen molar-refractivity contribution < 1.29 is 28.8 Å². The molecular formula is C24H42O6. The van der Waals surface area contributed by atoms with Crippen LogP contribution in [0.1, 0.15) is 51.0 Å². The van der Waals surface area contributed by atoms with Gasteiger partial charge in [-0.15, -0.1) is 0 Å². The maximum absolute atomic E-state index is 8.56. The maximum atomic E-state index is 8.56. The van der Waals surface area contributed by atoms with Crippen LogP contribution in [0.15, 0.2) is 24.3 Å². The highest BCUT2D eigenvalue weighted by atomic mass is 16.6. The molecule has 1 aromatic carbocycles. The van der Waals surface area contributed by atoms with Crippen molar-refractivity contribution in [1.29, 1.82) is 0 Å². The van der Waals surface area contributed by atoms with E-state index >= 15 is 0 Å². The highest BCUT2D eigenvalue weighted by Crippen LogP contribution is 2.15. The average Bonchev–Trinajstić information content (AvgIpc) is 2.77. The second-order valence-corrected chi connectivity index (χ2v) is 7.18. The lowest BCUT2D eigenvalue weighted by atomic mass is 10.0. The summed E-state index contributed by atoms with van der Waals surface area (Å²) in [6.45, 7) is 6.87. The van der Waals surface area contributed by atoms with E-state index in [9.17, 15) is 0 Å². The van der Waals surface area contributed by atoms with Crippen molar-refractivity contribution in [2.24, 2.45) is 0 Å². The summed E-state index contributed by atoms with van der Waals surface area (Å²) in [5.74, 6) is 0.890. The second kappa shape index (κ2) is 21.1. The van der Waals surface area contributed by atoms with E-state index in [0.717, 1.165) is 12.2 Å². The molecule has 0 unspecified atom stereocenters. The topological polar surface area (TPSA) is 66.4 Å². The normalized spacial score (nSPS) is 11.1. The van der Waals surface area contributed by atoms with Gasteiger partial charge in [-0.2, -0.15) is 0 Å². The van der Waals surface area contributed by atoms with Crippen LogP contribution in [0.4, 0.5) is 0 Å². The first-order valence-corrected chi connectivity index (χ1v) is 11.5. The fraction of sp³-hybridized carbons (Fsp3) is 0.750. The molecular weight excluding hydrogens is 384 g/mol. The van der Waals surface area contributed by atoms with Crippen molar-refractivity contribution in [3.05, 3.63) is 29.8 Å². The third kappa shape index (κ3) is 16.6. The van der Waals surface area contributed by atoms with Gasteiger partial charge in [-0.25, -0.2) is 0 Å². The van der Waals surface area contributed by atoms with Gasteiger partial charge in [0.1, 0.15) is 12.4 Å². The summed E-state index contributed by atoms with van der Waals surface area (Å²) in [6, 6.07) is 8.42. The van der Waals surface area contributed by atoms with Gasteiger partial charge in [-0.05, 0) is 30.5 Å². The lowest BCUT2D eigenvalue weighted by molar-refractivity contribution is -0.00779. The largest absolute Gasteiger partial charge is 0.491 e. The van der Waals surface area contributed by atoms with Crippen LogP contribution in [0.25, 0.3) is 0 Å². The quantitative estimate of drug-likeness (QED) is 0.283. The number of aryl methyl sites for hydroxylation is 1. The van der Waals surface area contributed by atoms with E-state index in [1.165, 1.54) is 44.1 Å². The Labute approximate surface area is 182 Å². The molecule has 6 nitrogen and oxygen atoms in total. The first-order chi connectivity index (χ1) is 14.9. The minimum atomic E-state index is 0.0414. The summed E-state index contributed by atoms with van der Waals surface area (Å²) in [4.78, 5) is 0. The molecule has 1 aromatic rings. The van der Waals surface area contributed by atoms with Crippen LogP contribution in [0.3, 0.4) is 0 Å². The van der Waals surface area contributed by atoms with Crippen molar-refractivity contribution in [3.63, 3.8) is 0 Å². The van der Waals surface area contributed by atoms with Crippen LogP contribution in [0, 0.1) is 0 Å². The summed E-state index contributed by atoms with van der Waals surface area (Å²) in [6.07, 6.45) is 9.14. The van der Waals surface area contributed by atoms with Crippen LogP contribution >= 0.6 is 0 Å². The molecule has 0 heterocycles. The van der Waals surface area contributed by atoms with Gasteiger partial charge in [0.05, 0.1) is 59.5 Å². The van der Waals surface area contributed by atoms with Crippen molar-refractivity contribution in [2.75, 3.05) is 66.1 Å². The summed E-state index contributed by atoms with van der Waals surface area (Å²) in [7, 11) is 0. The molecule has 0 fully saturated rings. The van der Waals surface area contributed by atoms with Gasteiger partial charge in [0.25, 0.3) is 0 Å². The number of aliphatic hydroxyl groups excluding tert-OH is 1. The summed E-state index contributed by atoms with van der Waals surface area (Å²) in [5, 5.41) is 8.56. The van der Waals surface area contributed by atoms with Crippen LogP contribution < -0.4 is 4.74 Å². The van der Waals surface area contributed by atoms with E-state index < -0.39 is 0 Å². The van der Waals surface area contributed by atoms with Gasteiger partial charge in [0.15, 0.2) is 0 Å². The highest BCUT2D eigenvalue weighted by molar-refractivity contribution is 5.27. The van der Waals surface area contributed by atoms with Crippen LogP contribution in [-0.2, 0) is 25.4 Å². The standard InChI is InChI=1S/C24H42O6/c1-2-3-4-5-6-7-8-23-9-11-24(12-10-23)30-22-21-29-20-19-28-18-17-27-16-15-26-14-13-25/h9-12,25H,2-8,13-22H2,1H3. The molecule has 0 atom stereocenters. The Kier molecular flexibility index (Phi) is 18.9. The van der Waals surface area contributed by atoms with E-state index in [4.69, 9.17) is 28.8 Å². The molecule has 1 N–H and O–H groups in total. The second-order valence-electron chi connectivity index (χ2n) is 7.18. The zero-order valence-corrected chi connectivity index (χ0v) is 18.8. The summed E-state index contributed by atoms with van der Waals surface area (Å²) >= 11 is 0. The third-order valence-electron chi connectivity index (χ3n) is 4.59. The zero-order valence-electron chi connectivity index (χ0n) is 18.8. The SMILES string of the molecule is CCCCCCCCc1ccc(OCCOCCOCCOCCOCCO)cc1. The van der Waals surface area contributed by atoms with Gasteiger partial charge in [-0.3, -0.25) is 0 Å². The van der Waals surface area contributed by atoms with Gasteiger partial charge in [-0.1, -0.05) is 51.2 Å². The molecule has 0 bridgehead atoms. The highest BCUT2D eigenvalue weighted by Gasteiger charge is 1.98. The fourth-order valence-corrected chi connectivity index (χ4v) is 2.91. The Balaban J connectivity index is 1.87. The van der Waals surface area contributed by atoms with E-state index in [1.807, 2.05) is 12.1 Å². The zero-order chi connectivity index (χ0) is 21.5. The predicted molar refractivity (Wildman–Crippen MR) is 119 cm³/mol. The van der Waals surface area contributed by atoms with Crippen LogP contribution in [0.5, 0.6) is 5.75 Å². The Morgan fingerprint density at radius 2 is 1.10 bits per heavy atom. The number of ether oxygens (including phenoxy) is 5. The van der Waals surface area contributed by atoms with Crippen LogP contribution in [0.2, 0.25) is 0 Å². The Morgan fingerprint density at radius 1 is 0.600 bits per heavy atom. The molecule has 0 aliphatic rings. The third-order valence-corrected chi connectivity index (χ3v) is 4.59. The number of unbranched alkanes of at least 4 members (excludes halogenated alkanes) is 5. The Morgan fingerprint density at radius 3 is 1.67 bits per heavy atom. The molecule has 0 saturated heterocycles. The lowest BCUT2D eigenvalue weighted by Gasteiger charge is -2.09. The number of aliphatic hydroxyl groups is 1. The molecule has 0 aliphatic heterocycles. The predicted octanol–water partition coefficient (Wildman–Crippen LogP) is 4.03. The number of benzene rings is 1. The van der Waals surface area contributed by atoms with Gasteiger partial charge < -0.3 is 28.8 Å². The molecule has 0 saturated carbocycles. The Hall–Kier alpha value is -1.18. The first-order valence-electron chi connectivity index (χ1n) is 11.5. The molecule has 0 radical (unpaired) electrons. The van der Waals surface area contributed by atoms with Crippen molar-refractivity contribution >= 4 is 0 Å². The fourth-order valence-electron chi connectivity index (χ4n) is 2.91. The maximum Gasteiger partial charge on any atom is 0.119 e. The van der Waals surface area contributed by atoms with E-state index in [2.05, 4.69) is 19.1 Å². The summed E-state index contributed by atoms with van der Waals surface area (Å²) in [5.41, 5.74) is 1.38. The molecule has 30 heavy (non-hydrogen) atoms. The molecule has 0 spiro atoms. The molecule has 174 valence electrons. The minimum absolute atomic E-state index is 0.0414. The number of hydrogen-bond acceptors (Lipinski definition) is 6. The van der Waals surface area contributed by atoms with Gasteiger partial charge >= 0.3 is 0 Å². The van der Waals surface area contributed by atoms with Gasteiger partial charge in [0.2, 0.25) is 0 Å². The van der Waals surface area contributed by atoms with E-state index in [1.54, 1.807) is 0 Å². The first kappa shape index (κ1) is 26.9. The van der Waals surface area contributed by atoms with Crippen molar-refractivity contribution in [2.45, 2.75) is 51.9 Å². The minimum Gasteiger partial charge on any atom is -0.491 e. The molecule has 0 amide bonds. The molecule has 6 heteroatoms. The monoisotopic (exact) mass is 426 g/mol. The number of rotatable bonds is 22. The number of hydrogen-bond donors (Lipinski definition) is 1. The Bertz CT molecular complexity index is 465. The van der Waals surface area contributed by atoms with Gasteiger partial charge in [0, 0.05) is 0 Å². The molecule has 0 aromatic heterocycles. The van der Waals surface area contributed by atoms with E-state index in [0.29, 0.717) is 59.5 Å². The van der Waals surface area contributed by atoms with E-state index in [-0.39, 0.29) is 6.61 Å². The summed E-state index contributed by atoms with van der Waals surface area (Å²) < 4.78 is 27.1. The molecule has 0 aliphatic carbocycles. The van der Waals surface area contributed by atoms with Crippen LogP contribution in [-0.4, -0.2) is 71.2 Å².